The number of rotatable bonds is 1. The first kappa shape index (κ1) is 12.4. The second-order valence-corrected chi connectivity index (χ2v) is 4.72. The summed E-state index contributed by atoms with van der Waals surface area (Å²) in [6.45, 7) is 5.75. The highest BCUT2D eigenvalue weighted by atomic mass is 16.5. The average molecular weight is 240 g/mol. The van der Waals surface area contributed by atoms with Crippen LogP contribution in [0.15, 0.2) is 0 Å². The molecule has 2 amide bonds. The lowest BCUT2D eigenvalue weighted by molar-refractivity contribution is -0.143. The largest absolute Gasteiger partial charge is 0.378 e. The van der Waals surface area contributed by atoms with Gasteiger partial charge in [-0.1, -0.05) is 0 Å². The molecule has 2 heterocycles. The lowest BCUT2D eigenvalue weighted by Gasteiger charge is -2.35. The zero-order valence-electron chi connectivity index (χ0n) is 10.4. The van der Waals surface area contributed by atoms with Crippen molar-refractivity contribution in [1.29, 1.82) is 0 Å². The number of carbonyl (C=O) groups excluding carboxylic acids is 2. The van der Waals surface area contributed by atoms with Gasteiger partial charge in [-0.2, -0.15) is 0 Å². The Morgan fingerprint density at radius 1 is 1.00 bits per heavy atom. The summed E-state index contributed by atoms with van der Waals surface area (Å²) in [5.74, 6) is 0.461. The van der Waals surface area contributed by atoms with Crippen molar-refractivity contribution in [3.05, 3.63) is 0 Å². The van der Waals surface area contributed by atoms with Crippen LogP contribution in [0.4, 0.5) is 0 Å². The van der Waals surface area contributed by atoms with Gasteiger partial charge in [0.1, 0.15) is 0 Å². The number of nitrogens with zero attached hydrogens (tertiary/aromatic N) is 2. The summed E-state index contributed by atoms with van der Waals surface area (Å²) in [4.78, 5) is 27.1. The van der Waals surface area contributed by atoms with Crippen molar-refractivity contribution >= 4 is 11.8 Å². The summed E-state index contributed by atoms with van der Waals surface area (Å²) in [5, 5.41) is 0. The third kappa shape index (κ3) is 2.97. The van der Waals surface area contributed by atoms with Crippen LogP contribution in [0, 0.1) is 5.92 Å². The van der Waals surface area contributed by atoms with Gasteiger partial charge in [0.2, 0.25) is 11.8 Å². The summed E-state index contributed by atoms with van der Waals surface area (Å²) < 4.78 is 5.24. The van der Waals surface area contributed by atoms with E-state index in [1.54, 1.807) is 6.92 Å². The van der Waals surface area contributed by atoms with E-state index in [2.05, 4.69) is 0 Å². The van der Waals surface area contributed by atoms with Gasteiger partial charge >= 0.3 is 0 Å². The fourth-order valence-electron chi connectivity index (χ4n) is 2.48. The fraction of sp³-hybridized carbons (Fsp3) is 0.833. The zero-order chi connectivity index (χ0) is 12.3. The smallest absolute Gasteiger partial charge is 0.225 e. The molecule has 96 valence electrons. The number of hydrogen-bond donors (Lipinski definition) is 0. The van der Waals surface area contributed by atoms with E-state index in [4.69, 9.17) is 4.74 Å². The molecule has 5 heteroatoms. The Balaban J connectivity index is 1.83. The molecule has 5 nitrogen and oxygen atoms in total. The number of likely N-dealkylation sites (tertiary alicyclic amines) is 1. The monoisotopic (exact) mass is 240 g/mol. The molecule has 0 bridgehead atoms. The van der Waals surface area contributed by atoms with Gasteiger partial charge in [0.05, 0.1) is 13.2 Å². The van der Waals surface area contributed by atoms with Gasteiger partial charge in [0.15, 0.2) is 0 Å². The molecule has 0 saturated carbocycles. The van der Waals surface area contributed by atoms with Crippen molar-refractivity contribution in [1.82, 2.24) is 9.80 Å². The number of piperidine rings is 1. The fourth-order valence-corrected chi connectivity index (χ4v) is 2.48. The molecule has 0 aromatic heterocycles. The van der Waals surface area contributed by atoms with Gasteiger partial charge in [-0.05, 0) is 12.8 Å². The predicted molar refractivity (Wildman–Crippen MR) is 62.4 cm³/mol. The lowest BCUT2D eigenvalue weighted by Crippen LogP contribution is -2.47. The second kappa shape index (κ2) is 5.49. The van der Waals surface area contributed by atoms with Crippen molar-refractivity contribution in [2.24, 2.45) is 5.92 Å². The van der Waals surface area contributed by atoms with E-state index in [1.165, 1.54) is 0 Å². The molecule has 2 saturated heterocycles. The average Bonchev–Trinajstić information content (AvgIpc) is 2.39. The Morgan fingerprint density at radius 2 is 1.59 bits per heavy atom. The number of morpholine rings is 1. The molecule has 2 aliphatic rings. The highest BCUT2D eigenvalue weighted by Gasteiger charge is 2.29. The minimum Gasteiger partial charge on any atom is -0.378 e. The van der Waals surface area contributed by atoms with Crippen LogP contribution < -0.4 is 0 Å². The van der Waals surface area contributed by atoms with E-state index in [0.717, 1.165) is 25.9 Å². The Kier molecular flexibility index (Phi) is 3.99. The molecule has 17 heavy (non-hydrogen) atoms. The van der Waals surface area contributed by atoms with Crippen molar-refractivity contribution in [3.63, 3.8) is 0 Å². The van der Waals surface area contributed by atoms with Gasteiger partial charge in [0.25, 0.3) is 0 Å². The summed E-state index contributed by atoms with van der Waals surface area (Å²) in [5.41, 5.74) is 0. The number of ether oxygens (including phenoxy) is 1. The van der Waals surface area contributed by atoms with Gasteiger partial charge in [-0.15, -0.1) is 0 Å². The molecule has 0 N–H and O–H groups in total. The summed E-state index contributed by atoms with van der Waals surface area (Å²) in [6, 6.07) is 0. The van der Waals surface area contributed by atoms with Crippen LogP contribution in [-0.4, -0.2) is 61.0 Å². The first-order valence-corrected chi connectivity index (χ1v) is 6.30. The van der Waals surface area contributed by atoms with E-state index >= 15 is 0 Å². The maximum Gasteiger partial charge on any atom is 0.225 e. The molecular weight excluding hydrogens is 220 g/mol. The maximum atomic E-state index is 12.2. The Bertz CT molecular complexity index is 292. The van der Waals surface area contributed by atoms with Crippen LogP contribution >= 0.6 is 0 Å². The van der Waals surface area contributed by atoms with Crippen LogP contribution in [0.25, 0.3) is 0 Å². The van der Waals surface area contributed by atoms with Crippen LogP contribution in [0.3, 0.4) is 0 Å². The SMILES string of the molecule is CC(=O)N1CCC(C(=O)N2CCOCC2)CC1. The van der Waals surface area contributed by atoms with E-state index in [9.17, 15) is 9.59 Å². The van der Waals surface area contributed by atoms with Gasteiger partial charge in [-0.3, -0.25) is 9.59 Å². The second-order valence-electron chi connectivity index (χ2n) is 4.72. The molecule has 2 aliphatic heterocycles. The number of amides is 2. The van der Waals surface area contributed by atoms with E-state index in [-0.39, 0.29) is 17.7 Å². The topological polar surface area (TPSA) is 49.9 Å². The predicted octanol–water partition coefficient (Wildman–Crippen LogP) is 0.104. The molecule has 0 aromatic rings. The summed E-state index contributed by atoms with van der Waals surface area (Å²) in [6.07, 6.45) is 1.60. The Morgan fingerprint density at radius 3 is 2.12 bits per heavy atom. The van der Waals surface area contributed by atoms with Crippen molar-refractivity contribution in [3.8, 4) is 0 Å². The molecule has 0 radical (unpaired) electrons. The van der Waals surface area contributed by atoms with Crippen molar-refractivity contribution in [2.75, 3.05) is 39.4 Å². The standard InChI is InChI=1S/C12H20N2O3/c1-10(15)13-4-2-11(3-5-13)12(16)14-6-8-17-9-7-14/h11H,2-9H2,1H3. The Labute approximate surface area is 102 Å². The first-order valence-electron chi connectivity index (χ1n) is 6.30. The molecule has 0 aliphatic carbocycles. The normalized spacial score (nSPS) is 22.6. The maximum absolute atomic E-state index is 12.2. The third-order valence-electron chi connectivity index (χ3n) is 3.61. The van der Waals surface area contributed by atoms with Crippen LogP contribution in [0.5, 0.6) is 0 Å². The summed E-state index contributed by atoms with van der Waals surface area (Å²) >= 11 is 0. The zero-order valence-corrected chi connectivity index (χ0v) is 10.4. The van der Waals surface area contributed by atoms with Crippen molar-refractivity contribution in [2.45, 2.75) is 19.8 Å². The summed E-state index contributed by atoms with van der Waals surface area (Å²) in [7, 11) is 0. The van der Waals surface area contributed by atoms with Gasteiger partial charge < -0.3 is 14.5 Å². The minimum atomic E-state index is 0.101. The lowest BCUT2D eigenvalue weighted by atomic mass is 9.95. The molecular formula is C12H20N2O3. The molecule has 0 aromatic carbocycles. The number of carbonyl (C=O) groups is 2. The Hall–Kier alpha value is -1.10. The van der Waals surface area contributed by atoms with E-state index in [1.807, 2.05) is 9.80 Å². The van der Waals surface area contributed by atoms with Crippen molar-refractivity contribution < 1.29 is 14.3 Å². The molecule has 0 spiro atoms. The molecule has 2 rings (SSSR count). The highest BCUT2D eigenvalue weighted by molar-refractivity contribution is 5.79. The number of hydrogen-bond acceptors (Lipinski definition) is 3. The quantitative estimate of drug-likeness (QED) is 0.653. The van der Waals surface area contributed by atoms with Gasteiger partial charge in [-0.25, -0.2) is 0 Å². The van der Waals surface area contributed by atoms with Crippen LogP contribution in [-0.2, 0) is 14.3 Å². The van der Waals surface area contributed by atoms with E-state index < -0.39 is 0 Å². The van der Waals surface area contributed by atoms with E-state index in [0.29, 0.717) is 26.3 Å². The first-order chi connectivity index (χ1) is 8.18. The van der Waals surface area contributed by atoms with Crippen LogP contribution in [0.1, 0.15) is 19.8 Å². The minimum absolute atomic E-state index is 0.101. The molecule has 2 fully saturated rings. The van der Waals surface area contributed by atoms with Gasteiger partial charge in [0, 0.05) is 39.0 Å². The molecule has 0 atom stereocenters. The van der Waals surface area contributed by atoms with Crippen LogP contribution in [0.2, 0.25) is 0 Å². The molecule has 0 unspecified atom stereocenters. The third-order valence-corrected chi connectivity index (χ3v) is 3.61. The highest BCUT2D eigenvalue weighted by Crippen LogP contribution is 2.20.